The van der Waals surface area contributed by atoms with E-state index in [1.807, 2.05) is 32.9 Å². The van der Waals surface area contributed by atoms with Crippen molar-refractivity contribution in [2.45, 2.75) is 45.6 Å². The number of aldehydes is 3. The summed E-state index contributed by atoms with van der Waals surface area (Å²) in [5.74, 6) is 0.572. The molecule has 456 valence electrons. The summed E-state index contributed by atoms with van der Waals surface area (Å²) in [7, 11) is 0. The molecule has 15 nitrogen and oxygen atoms in total. The standard InChI is InChI=1S/C19H13FO4.C13H17FO4.C9H6BrFO.C9H7FO2.C9H5FO2.C7H5FO2/c1-11-6-19(21)24-18-9-14(3-4-16(11)18)22-10-15-8-12-7-13(20)2-5-17(12)23-15;1-3-16-13(17-4-2)9-18-12-6-5-11(14)7-10(12)8-15;10-5-8-4-6-3-7(11)1-2-9(6)12-8;2*10-7-1-2-9-6(3-7)4-8(5-11)12-9;8-6-1-2-7(10)5(3-6)4-9/h2-9H,10H2,1H3;5-8,13H,3-4,9H2,1-2H3;1-4H,5H2;1-4,11H,5H2;1-5H;1-4,10H. The number of aryl methyl sites for hydroxylation is 1. The topological polar surface area (TPSA) is 211 Å². The normalized spacial score (nSPS) is 10.7. The van der Waals surface area contributed by atoms with Crippen LogP contribution >= 0.6 is 15.9 Å². The first-order chi connectivity index (χ1) is 42.4. The van der Waals surface area contributed by atoms with Crippen molar-refractivity contribution in [2.75, 3.05) is 19.8 Å². The van der Waals surface area contributed by atoms with Gasteiger partial charge in [-0.25, -0.2) is 31.1 Å². The van der Waals surface area contributed by atoms with Gasteiger partial charge in [-0.15, -0.1) is 0 Å². The number of aromatic hydroxyl groups is 1. The summed E-state index contributed by atoms with van der Waals surface area (Å²) in [5.41, 5.74) is 3.54. The fourth-order valence-electron chi connectivity index (χ4n) is 8.10. The Hall–Kier alpha value is -9.74. The average Bonchev–Trinajstić information content (AvgIpc) is 4.40. The van der Waals surface area contributed by atoms with Gasteiger partial charge in [-0.1, -0.05) is 15.9 Å². The van der Waals surface area contributed by atoms with Crippen LogP contribution in [0.3, 0.4) is 0 Å². The number of phenols is 1. The molecule has 0 spiro atoms. The number of rotatable bonds is 15. The number of carbonyl (C=O) groups is 3. The maximum atomic E-state index is 13.2. The summed E-state index contributed by atoms with van der Waals surface area (Å²) >= 11 is 3.27. The van der Waals surface area contributed by atoms with Crippen molar-refractivity contribution in [1.29, 1.82) is 0 Å². The predicted molar refractivity (Wildman–Crippen MR) is 318 cm³/mol. The van der Waals surface area contributed by atoms with Crippen molar-refractivity contribution in [1.82, 2.24) is 0 Å². The van der Waals surface area contributed by atoms with Gasteiger partial charge in [-0.05, 0) is 172 Å². The molecular formula is C66H53BrF6O15. The van der Waals surface area contributed by atoms with Crippen molar-refractivity contribution in [2.24, 2.45) is 0 Å². The SMILES string of the molecule is CCOC(COc1ccc(F)cc1C=O)OCC.Cc1cc(=O)oc2cc(OCc3cc4cc(F)ccc4o3)ccc12.Fc1ccc2oc(CBr)cc2c1.O=Cc1cc(F)ccc1O.O=Cc1cc2cc(F)ccc2o1.OCc1cc2cc(F)ccc2o1. The average molecular weight is 1280 g/mol. The molecule has 0 amide bonds. The number of aliphatic hydroxyl groups excluding tert-OH is 1. The third-order valence-electron chi connectivity index (χ3n) is 12.1. The summed E-state index contributed by atoms with van der Waals surface area (Å²) < 4.78 is 124. The van der Waals surface area contributed by atoms with Gasteiger partial charge in [-0.3, -0.25) is 14.4 Å². The van der Waals surface area contributed by atoms with Crippen LogP contribution in [-0.2, 0) is 28.0 Å². The molecule has 0 fully saturated rings. The molecule has 0 saturated heterocycles. The highest BCUT2D eigenvalue weighted by Crippen LogP contribution is 2.27. The maximum Gasteiger partial charge on any atom is 0.336 e. The molecule has 0 saturated carbocycles. The Bertz CT molecular complexity index is 4270. The van der Waals surface area contributed by atoms with Crippen molar-refractivity contribution in [3.63, 3.8) is 0 Å². The van der Waals surface area contributed by atoms with Crippen LogP contribution in [0.25, 0.3) is 54.8 Å². The van der Waals surface area contributed by atoms with Gasteiger partial charge in [0.05, 0.1) is 16.5 Å². The van der Waals surface area contributed by atoms with Gasteiger partial charge in [0.2, 0.25) is 0 Å². The number of phenolic OH excluding ortho intramolecular Hbond substituents is 1. The number of halogens is 7. The zero-order valence-corrected chi connectivity index (χ0v) is 48.5. The Labute approximate surface area is 504 Å². The third kappa shape index (κ3) is 18.9. The smallest absolute Gasteiger partial charge is 0.336 e. The Morgan fingerprint density at radius 3 is 1.50 bits per heavy atom. The van der Waals surface area contributed by atoms with Crippen LogP contribution in [0.4, 0.5) is 26.3 Å². The molecule has 12 aromatic rings. The summed E-state index contributed by atoms with van der Waals surface area (Å²) in [6.07, 6.45) is 1.05. The molecule has 7 aromatic carbocycles. The number of carbonyl (C=O) groups excluding carboxylic acids is 3. The molecule has 0 aliphatic heterocycles. The summed E-state index contributed by atoms with van der Waals surface area (Å²) in [5, 5.41) is 21.9. The molecule has 0 radical (unpaired) electrons. The van der Waals surface area contributed by atoms with E-state index >= 15 is 0 Å². The number of alkyl halides is 1. The quantitative estimate of drug-likeness (QED) is 0.0321. The second kappa shape index (κ2) is 32.1. The Kier molecular flexibility index (Phi) is 24.0. The monoisotopic (exact) mass is 1280 g/mol. The van der Waals surface area contributed by atoms with E-state index in [9.17, 15) is 45.5 Å². The summed E-state index contributed by atoms with van der Waals surface area (Å²) in [4.78, 5) is 42.6. The van der Waals surface area contributed by atoms with Crippen LogP contribution in [0.2, 0.25) is 0 Å². The fraction of sp³-hybridized carbons (Fsp3) is 0.152. The minimum Gasteiger partial charge on any atom is -0.507 e. The molecule has 22 heteroatoms. The molecule has 5 aromatic heterocycles. The molecule has 0 aliphatic rings. The third-order valence-corrected chi connectivity index (χ3v) is 12.6. The zero-order chi connectivity index (χ0) is 63.3. The van der Waals surface area contributed by atoms with Crippen LogP contribution in [0.15, 0.2) is 185 Å². The number of hydrogen-bond donors (Lipinski definition) is 2. The van der Waals surface area contributed by atoms with Gasteiger partial charge in [0.25, 0.3) is 0 Å². The molecule has 0 bridgehead atoms. The Morgan fingerprint density at radius 2 is 0.977 bits per heavy atom. The number of fused-ring (bicyclic) bond motifs is 5. The summed E-state index contributed by atoms with van der Waals surface area (Å²) in [6, 6.07) is 37.6. The number of benzene rings is 7. The van der Waals surface area contributed by atoms with E-state index in [0.717, 1.165) is 51.9 Å². The highest BCUT2D eigenvalue weighted by Gasteiger charge is 2.13. The zero-order valence-electron chi connectivity index (χ0n) is 46.9. The molecule has 0 unspecified atom stereocenters. The Balaban J connectivity index is 0.000000155. The van der Waals surface area contributed by atoms with E-state index in [2.05, 4.69) is 15.9 Å². The van der Waals surface area contributed by atoms with Crippen LogP contribution in [0.1, 0.15) is 68.0 Å². The maximum absolute atomic E-state index is 13.2. The van der Waals surface area contributed by atoms with Crippen LogP contribution in [0.5, 0.6) is 17.2 Å². The van der Waals surface area contributed by atoms with E-state index in [4.69, 9.17) is 51.2 Å². The van der Waals surface area contributed by atoms with Gasteiger partial charge in [0.15, 0.2) is 30.9 Å². The first-order valence-electron chi connectivity index (χ1n) is 26.5. The van der Waals surface area contributed by atoms with E-state index in [0.29, 0.717) is 98.9 Å². The lowest BCUT2D eigenvalue weighted by Gasteiger charge is -2.18. The minimum absolute atomic E-state index is 0.0278. The van der Waals surface area contributed by atoms with E-state index in [1.54, 1.807) is 42.5 Å². The van der Waals surface area contributed by atoms with Gasteiger partial charge >= 0.3 is 5.63 Å². The number of furan rings is 4. The molecule has 0 atom stereocenters. The van der Waals surface area contributed by atoms with Gasteiger partial charge in [0.1, 0.15) is 117 Å². The predicted octanol–water partition coefficient (Wildman–Crippen LogP) is 16.2. The lowest BCUT2D eigenvalue weighted by Crippen LogP contribution is -2.25. The number of aliphatic hydroxyl groups is 1. The molecule has 5 heterocycles. The highest BCUT2D eigenvalue weighted by atomic mass is 79.9. The van der Waals surface area contributed by atoms with Crippen LogP contribution in [-0.4, -0.2) is 55.2 Å². The van der Waals surface area contributed by atoms with Crippen LogP contribution in [0, 0.1) is 41.8 Å². The highest BCUT2D eigenvalue weighted by molar-refractivity contribution is 9.08. The molecule has 88 heavy (non-hydrogen) atoms. The van der Waals surface area contributed by atoms with Crippen LogP contribution < -0.4 is 15.1 Å². The van der Waals surface area contributed by atoms with Gasteiger partial charge in [0, 0.05) is 52.3 Å². The lowest BCUT2D eigenvalue weighted by atomic mass is 10.1. The molecular weight excluding hydrogens is 1230 g/mol. The first-order valence-corrected chi connectivity index (χ1v) is 27.6. The fourth-order valence-corrected chi connectivity index (χ4v) is 8.38. The number of ether oxygens (including phenoxy) is 4. The molecule has 2 N–H and O–H groups in total. The second-order valence-corrected chi connectivity index (χ2v) is 19.0. The van der Waals surface area contributed by atoms with E-state index in [-0.39, 0.29) is 65.7 Å². The van der Waals surface area contributed by atoms with Gasteiger partial charge in [-0.2, -0.15) is 0 Å². The summed E-state index contributed by atoms with van der Waals surface area (Å²) in [6.45, 7) is 6.73. The minimum atomic E-state index is -0.528. The Morgan fingerprint density at radius 1 is 0.500 bits per heavy atom. The van der Waals surface area contributed by atoms with Crippen molar-refractivity contribution < 1.29 is 92.0 Å². The van der Waals surface area contributed by atoms with Crippen molar-refractivity contribution in [3.8, 4) is 17.2 Å². The molecule has 0 aliphatic carbocycles. The number of hydrogen-bond acceptors (Lipinski definition) is 15. The van der Waals surface area contributed by atoms with Gasteiger partial charge < -0.3 is 51.2 Å². The van der Waals surface area contributed by atoms with Crippen molar-refractivity contribution >= 4 is 89.6 Å². The lowest BCUT2D eigenvalue weighted by molar-refractivity contribution is -0.152. The van der Waals surface area contributed by atoms with E-state index < -0.39 is 23.6 Å². The van der Waals surface area contributed by atoms with Crippen molar-refractivity contribution in [3.05, 3.63) is 243 Å². The first kappa shape index (κ1) is 65.8. The second-order valence-electron chi connectivity index (χ2n) is 18.4. The van der Waals surface area contributed by atoms with E-state index in [1.165, 1.54) is 78.9 Å². The largest absolute Gasteiger partial charge is 0.507 e. The molecule has 12 rings (SSSR count).